The fourth-order valence-corrected chi connectivity index (χ4v) is 5.95. The first kappa shape index (κ1) is 29.2. The van der Waals surface area contributed by atoms with Crippen molar-refractivity contribution in [1.82, 2.24) is 4.90 Å². The molecule has 0 unspecified atom stereocenters. The molecule has 2 aromatic rings. The van der Waals surface area contributed by atoms with E-state index in [9.17, 15) is 24.6 Å². The maximum Gasteiger partial charge on any atom is 0.305 e. The molecule has 0 saturated heterocycles. The third-order valence-electron chi connectivity index (χ3n) is 7.73. The molecule has 39 heavy (non-hydrogen) atoms. The van der Waals surface area contributed by atoms with Crippen molar-refractivity contribution in [2.24, 2.45) is 5.92 Å². The Morgan fingerprint density at radius 3 is 2.67 bits per heavy atom. The molecule has 8 nitrogen and oxygen atoms in total. The van der Waals surface area contributed by atoms with Crippen molar-refractivity contribution in [3.8, 4) is 0 Å². The largest absolute Gasteiger partial charge is 0.469 e. The van der Waals surface area contributed by atoms with Gasteiger partial charge in [-0.05, 0) is 71.2 Å². The van der Waals surface area contributed by atoms with Gasteiger partial charge < -0.3 is 24.7 Å². The van der Waals surface area contributed by atoms with E-state index in [0.29, 0.717) is 43.6 Å². The summed E-state index contributed by atoms with van der Waals surface area (Å²) in [6.45, 7) is 2.48. The zero-order valence-corrected chi connectivity index (χ0v) is 24.5. The second-order valence-corrected chi connectivity index (χ2v) is 11.4. The number of hydrogen-bond acceptors (Lipinski definition) is 6. The molecule has 3 atom stereocenters. The molecule has 0 radical (unpaired) electrons. The first-order valence-electron chi connectivity index (χ1n) is 13.3. The van der Waals surface area contributed by atoms with Crippen molar-refractivity contribution in [3.63, 3.8) is 0 Å². The zero-order valence-electron chi connectivity index (χ0n) is 22.3. The summed E-state index contributed by atoms with van der Waals surface area (Å²) in [5.74, 6) is -1.40. The molecule has 0 bridgehead atoms. The van der Waals surface area contributed by atoms with Gasteiger partial charge in [-0.15, -0.1) is 0 Å². The molecule has 0 spiro atoms. The Bertz CT molecular complexity index is 1260. The SMILES string of the molecule is COC(=O)CCCCN1C(=O)[C@](O)([C@H](C)/C=C/CC(=O)N2Cc3ccccc3C[C@H]2CO)c2cc(I)ccc21. The van der Waals surface area contributed by atoms with E-state index < -0.39 is 17.4 Å². The number of benzene rings is 2. The van der Waals surface area contributed by atoms with E-state index >= 15 is 0 Å². The predicted octanol–water partition coefficient (Wildman–Crippen LogP) is 3.70. The lowest BCUT2D eigenvalue weighted by Gasteiger charge is -2.36. The number of aliphatic hydroxyl groups excluding tert-OH is 1. The maximum absolute atomic E-state index is 13.6. The molecule has 2 amide bonds. The molecule has 0 saturated carbocycles. The van der Waals surface area contributed by atoms with Crippen LogP contribution in [0, 0.1) is 9.49 Å². The minimum absolute atomic E-state index is 0.101. The number of fused-ring (bicyclic) bond motifs is 2. The normalized spacial score (nSPS) is 21.2. The highest BCUT2D eigenvalue weighted by molar-refractivity contribution is 14.1. The highest BCUT2D eigenvalue weighted by Crippen LogP contribution is 2.46. The van der Waals surface area contributed by atoms with Gasteiger partial charge in [0.15, 0.2) is 5.60 Å². The number of carbonyl (C=O) groups excluding carboxylic acids is 3. The van der Waals surface area contributed by atoms with Gasteiger partial charge in [0, 0.05) is 41.0 Å². The minimum atomic E-state index is -1.77. The van der Waals surface area contributed by atoms with E-state index in [1.807, 2.05) is 42.5 Å². The van der Waals surface area contributed by atoms with Gasteiger partial charge in [0.1, 0.15) is 0 Å². The number of hydrogen-bond donors (Lipinski definition) is 2. The van der Waals surface area contributed by atoms with E-state index in [0.717, 1.165) is 14.7 Å². The summed E-state index contributed by atoms with van der Waals surface area (Å²) in [7, 11) is 1.35. The lowest BCUT2D eigenvalue weighted by atomic mass is 9.83. The quantitative estimate of drug-likeness (QED) is 0.177. The number of aliphatic hydroxyl groups is 2. The van der Waals surface area contributed by atoms with Crippen LogP contribution in [0.3, 0.4) is 0 Å². The molecule has 2 aliphatic rings. The smallest absolute Gasteiger partial charge is 0.305 e. The van der Waals surface area contributed by atoms with Crippen LogP contribution in [0.4, 0.5) is 5.69 Å². The summed E-state index contributed by atoms with van der Waals surface area (Å²) in [6, 6.07) is 13.2. The van der Waals surface area contributed by atoms with Crippen molar-refractivity contribution < 1.29 is 29.3 Å². The number of rotatable bonds is 10. The Labute approximate surface area is 242 Å². The van der Waals surface area contributed by atoms with Gasteiger partial charge in [-0.1, -0.05) is 43.3 Å². The summed E-state index contributed by atoms with van der Waals surface area (Å²) in [6.07, 6.45) is 5.58. The van der Waals surface area contributed by atoms with E-state index in [1.54, 1.807) is 28.9 Å². The fraction of sp³-hybridized carbons (Fsp3) is 0.433. The van der Waals surface area contributed by atoms with Crippen molar-refractivity contribution in [1.29, 1.82) is 0 Å². The molecule has 0 fully saturated rings. The molecule has 208 valence electrons. The molecule has 0 aliphatic carbocycles. The molecule has 0 aromatic heterocycles. The Hall–Kier alpha value is -2.76. The standard InChI is InChI=1S/C30H35IN2O6/c1-20(8-7-11-27(35)33-18-22-10-4-3-9-21(22)16-24(33)19-34)30(38)25-17-23(31)13-14-26(25)32(29(30)37)15-6-5-12-28(36)39-2/h3-4,7-10,13-14,17,20,24,34,38H,5-6,11-12,15-16,18-19H2,1-2H3/b8-7+/t20-,24+,30+/m1/s1. The molecule has 2 aromatic carbocycles. The molecule has 2 aliphatic heterocycles. The number of nitrogens with zero attached hydrogens (tertiary/aromatic N) is 2. The second kappa shape index (κ2) is 12.6. The summed E-state index contributed by atoms with van der Waals surface area (Å²) in [5.41, 5.74) is 1.67. The van der Waals surface area contributed by atoms with Gasteiger partial charge in [-0.2, -0.15) is 0 Å². The Morgan fingerprint density at radius 2 is 1.95 bits per heavy atom. The number of halogens is 1. The van der Waals surface area contributed by atoms with E-state index in [1.165, 1.54) is 7.11 Å². The van der Waals surface area contributed by atoms with Crippen molar-refractivity contribution in [3.05, 3.63) is 74.9 Å². The van der Waals surface area contributed by atoms with E-state index in [-0.39, 0.29) is 37.4 Å². The fourth-order valence-electron chi connectivity index (χ4n) is 5.45. The summed E-state index contributed by atoms with van der Waals surface area (Å²) in [4.78, 5) is 41.5. The summed E-state index contributed by atoms with van der Waals surface area (Å²) < 4.78 is 5.59. The van der Waals surface area contributed by atoms with Gasteiger partial charge in [0.25, 0.3) is 5.91 Å². The Morgan fingerprint density at radius 1 is 1.21 bits per heavy atom. The number of ether oxygens (including phenoxy) is 1. The molecule has 2 heterocycles. The number of methoxy groups -OCH3 is 1. The van der Waals surface area contributed by atoms with Crippen LogP contribution >= 0.6 is 22.6 Å². The van der Waals surface area contributed by atoms with Crippen LogP contribution in [0.1, 0.15) is 49.3 Å². The van der Waals surface area contributed by atoms with Crippen LogP contribution < -0.4 is 4.90 Å². The highest BCUT2D eigenvalue weighted by atomic mass is 127. The van der Waals surface area contributed by atoms with E-state index in [4.69, 9.17) is 4.74 Å². The van der Waals surface area contributed by atoms with Crippen LogP contribution in [0.25, 0.3) is 0 Å². The van der Waals surface area contributed by atoms with Crippen molar-refractivity contribution in [2.45, 2.75) is 57.2 Å². The van der Waals surface area contributed by atoms with Crippen LogP contribution in [0.2, 0.25) is 0 Å². The average molecular weight is 647 g/mol. The lowest BCUT2D eigenvalue weighted by Crippen LogP contribution is -2.46. The van der Waals surface area contributed by atoms with Crippen molar-refractivity contribution in [2.75, 3.05) is 25.2 Å². The minimum Gasteiger partial charge on any atom is -0.469 e. The summed E-state index contributed by atoms with van der Waals surface area (Å²) >= 11 is 2.16. The lowest BCUT2D eigenvalue weighted by molar-refractivity contribution is -0.140. The third kappa shape index (κ3) is 6.05. The molecule has 2 N–H and O–H groups in total. The van der Waals surface area contributed by atoms with Crippen LogP contribution in [0.5, 0.6) is 0 Å². The number of unbranched alkanes of at least 4 members (excludes halogenated alkanes) is 1. The average Bonchev–Trinajstić information content (AvgIpc) is 3.16. The number of esters is 1. The van der Waals surface area contributed by atoms with Crippen LogP contribution in [-0.4, -0.2) is 59.2 Å². The van der Waals surface area contributed by atoms with Gasteiger partial charge in [0.05, 0.1) is 25.4 Å². The summed E-state index contributed by atoms with van der Waals surface area (Å²) in [5, 5.41) is 21.7. The first-order chi connectivity index (χ1) is 18.7. The molecular formula is C30H35IN2O6. The maximum atomic E-state index is 13.6. The highest BCUT2D eigenvalue weighted by Gasteiger charge is 2.52. The number of amides is 2. The van der Waals surface area contributed by atoms with Gasteiger partial charge in [0.2, 0.25) is 5.91 Å². The van der Waals surface area contributed by atoms with Crippen LogP contribution in [0.15, 0.2) is 54.6 Å². The molecule has 4 rings (SSSR count). The molecule has 9 heteroatoms. The monoisotopic (exact) mass is 646 g/mol. The predicted molar refractivity (Wildman–Crippen MR) is 156 cm³/mol. The Kier molecular flexibility index (Phi) is 9.45. The van der Waals surface area contributed by atoms with Gasteiger partial charge >= 0.3 is 5.97 Å². The Balaban J connectivity index is 1.46. The molecular weight excluding hydrogens is 611 g/mol. The van der Waals surface area contributed by atoms with Crippen LogP contribution in [-0.2, 0) is 37.7 Å². The van der Waals surface area contributed by atoms with Gasteiger partial charge in [-0.3, -0.25) is 14.4 Å². The number of carbonyl (C=O) groups is 3. The van der Waals surface area contributed by atoms with Gasteiger partial charge in [-0.25, -0.2) is 0 Å². The first-order valence-corrected chi connectivity index (χ1v) is 14.3. The topological polar surface area (TPSA) is 107 Å². The zero-order chi connectivity index (χ0) is 28.2. The second-order valence-electron chi connectivity index (χ2n) is 10.2. The van der Waals surface area contributed by atoms with E-state index in [2.05, 4.69) is 22.6 Å². The number of anilines is 1. The van der Waals surface area contributed by atoms with Crippen molar-refractivity contribution >= 4 is 46.1 Å². The third-order valence-corrected chi connectivity index (χ3v) is 8.41.